The fraction of sp³-hybridized carbons (Fsp3) is 0.667. The highest BCUT2D eigenvalue weighted by Crippen LogP contribution is 2.27. The van der Waals surface area contributed by atoms with Crippen molar-refractivity contribution in [3.05, 3.63) is 10.0 Å². The molecule has 1 heterocycles. The molecule has 1 aromatic rings. The average Bonchev–Trinajstić information content (AvgIpc) is 2.34. The quantitative estimate of drug-likeness (QED) is 0.693. The Kier molecular flexibility index (Phi) is 2.63. The van der Waals surface area contributed by atoms with E-state index < -0.39 is 0 Å². The van der Waals surface area contributed by atoms with Crippen molar-refractivity contribution in [1.82, 2.24) is 9.59 Å². The third-order valence-corrected chi connectivity index (χ3v) is 2.88. The zero-order valence-corrected chi connectivity index (χ0v) is 7.54. The molecule has 0 saturated carbocycles. The standard InChI is InChI=1S/C6H9ClN2S/c1-3-4(2)5-6(7)8-9-10-5/h4H,3H2,1-2H3. The molecule has 1 unspecified atom stereocenters. The van der Waals surface area contributed by atoms with Crippen LogP contribution >= 0.6 is 23.1 Å². The molecule has 10 heavy (non-hydrogen) atoms. The summed E-state index contributed by atoms with van der Waals surface area (Å²) < 4.78 is 3.75. The summed E-state index contributed by atoms with van der Waals surface area (Å²) in [7, 11) is 0. The summed E-state index contributed by atoms with van der Waals surface area (Å²) in [6.07, 6.45) is 1.09. The van der Waals surface area contributed by atoms with E-state index in [9.17, 15) is 0 Å². The molecular weight excluding hydrogens is 168 g/mol. The first-order valence-electron chi connectivity index (χ1n) is 3.23. The molecule has 0 aromatic carbocycles. The normalized spacial score (nSPS) is 13.5. The number of nitrogens with zero attached hydrogens (tertiary/aromatic N) is 2. The van der Waals surface area contributed by atoms with Gasteiger partial charge in [0.25, 0.3) is 0 Å². The van der Waals surface area contributed by atoms with Gasteiger partial charge in [0.1, 0.15) is 0 Å². The Morgan fingerprint density at radius 1 is 1.70 bits per heavy atom. The molecule has 1 rings (SSSR count). The van der Waals surface area contributed by atoms with Gasteiger partial charge in [-0.15, -0.1) is 5.10 Å². The SMILES string of the molecule is CCC(C)c1snnc1Cl. The maximum absolute atomic E-state index is 5.75. The van der Waals surface area contributed by atoms with Crippen LogP contribution in [-0.4, -0.2) is 9.59 Å². The minimum Gasteiger partial charge on any atom is -0.126 e. The maximum atomic E-state index is 5.75. The smallest absolute Gasteiger partial charge is 0.126 e. The molecule has 2 nitrogen and oxygen atoms in total. The highest BCUT2D eigenvalue weighted by Gasteiger charge is 2.10. The van der Waals surface area contributed by atoms with Crippen molar-refractivity contribution in [1.29, 1.82) is 0 Å². The van der Waals surface area contributed by atoms with Gasteiger partial charge in [0, 0.05) is 0 Å². The zero-order chi connectivity index (χ0) is 7.56. The second-order valence-electron chi connectivity index (χ2n) is 2.24. The third kappa shape index (κ3) is 1.47. The summed E-state index contributed by atoms with van der Waals surface area (Å²) in [4.78, 5) is 1.10. The Bertz CT molecular complexity index is 211. The Balaban J connectivity index is 2.82. The van der Waals surface area contributed by atoms with Gasteiger partial charge in [0.05, 0.1) is 4.88 Å². The molecule has 1 atom stereocenters. The van der Waals surface area contributed by atoms with Crippen molar-refractivity contribution in [2.75, 3.05) is 0 Å². The summed E-state index contributed by atoms with van der Waals surface area (Å²) in [6.45, 7) is 4.25. The van der Waals surface area contributed by atoms with Crippen molar-refractivity contribution in [3.63, 3.8) is 0 Å². The van der Waals surface area contributed by atoms with E-state index in [1.54, 1.807) is 0 Å². The molecule has 0 spiro atoms. The first-order valence-corrected chi connectivity index (χ1v) is 4.38. The van der Waals surface area contributed by atoms with Crippen LogP contribution in [0.3, 0.4) is 0 Å². The zero-order valence-electron chi connectivity index (χ0n) is 5.97. The molecule has 0 aliphatic carbocycles. The van der Waals surface area contributed by atoms with Gasteiger partial charge in [0.2, 0.25) is 0 Å². The third-order valence-electron chi connectivity index (χ3n) is 1.53. The van der Waals surface area contributed by atoms with Crippen LogP contribution in [0.2, 0.25) is 5.15 Å². The Morgan fingerprint density at radius 3 is 2.80 bits per heavy atom. The number of hydrogen-bond acceptors (Lipinski definition) is 3. The van der Waals surface area contributed by atoms with Crippen molar-refractivity contribution in [3.8, 4) is 0 Å². The number of aromatic nitrogens is 2. The maximum Gasteiger partial charge on any atom is 0.167 e. The monoisotopic (exact) mass is 176 g/mol. The van der Waals surface area contributed by atoms with Gasteiger partial charge in [-0.3, -0.25) is 0 Å². The fourth-order valence-corrected chi connectivity index (χ4v) is 1.71. The van der Waals surface area contributed by atoms with Gasteiger partial charge in [-0.25, -0.2) is 0 Å². The van der Waals surface area contributed by atoms with E-state index in [1.165, 1.54) is 11.5 Å². The van der Waals surface area contributed by atoms with Crippen LogP contribution in [0.5, 0.6) is 0 Å². The summed E-state index contributed by atoms with van der Waals surface area (Å²) in [6, 6.07) is 0. The minimum atomic E-state index is 0.493. The summed E-state index contributed by atoms with van der Waals surface area (Å²) in [5, 5.41) is 4.29. The first-order chi connectivity index (χ1) is 4.75. The van der Waals surface area contributed by atoms with Crippen LogP contribution in [0.15, 0.2) is 0 Å². The van der Waals surface area contributed by atoms with Crippen LogP contribution in [0.25, 0.3) is 0 Å². The molecule has 56 valence electrons. The molecule has 0 aliphatic heterocycles. The van der Waals surface area contributed by atoms with Crippen molar-refractivity contribution in [2.45, 2.75) is 26.2 Å². The van der Waals surface area contributed by atoms with Crippen LogP contribution in [0.4, 0.5) is 0 Å². The molecule has 1 aromatic heterocycles. The highest BCUT2D eigenvalue weighted by molar-refractivity contribution is 7.06. The van der Waals surface area contributed by atoms with Crippen molar-refractivity contribution >= 4 is 23.1 Å². The Hall–Kier alpha value is -0.150. The van der Waals surface area contributed by atoms with Gasteiger partial charge in [0.15, 0.2) is 5.15 Å². The van der Waals surface area contributed by atoms with Gasteiger partial charge < -0.3 is 0 Å². The molecule has 0 bridgehead atoms. The molecule has 0 fully saturated rings. The molecular formula is C6H9ClN2S. The number of halogens is 1. The predicted octanol–water partition coefficient (Wildman–Crippen LogP) is 2.71. The van der Waals surface area contributed by atoms with Crippen molar-refractivity contribution < 1.29 is 0 Å². The van der Waals surface area contributed by atoms with Gasteiger partial charge >= 0.3 is 0 Å². The van der Waals surface area contributed by atoms with E-state index >= 15 is 0 Å². The lowest BCUT2D eigenvalue weighted by atomic mass is 10.1. The van der Waals surface area contributed by atoms with Crippen molar-refractivity contribution in [2.24, 2.45) is 0 Å². The van der Waals surface area contributed by atoms with E-state index in [-0.39, 0.29) is 0 Å². The van der Waals surface area contributed by atoms with Gasteiger partial charge in [-0.05, 0) is 23.9 Å². The molecule has 0 saturated heterocycles. The topological polar surface area (TPSA) is 25.8 Å². The van der Waals surface area contributed by atoms with Crippen LogP contribution in [-0.2, 0) is 0 Å². The lowest BCUT2D eigenvalue weighted by Gasteiger charge is -2.01. The van der Waals surface area contributed by atoms with Crippen LogP contribution in [0, 0.1) is 0 Å². The highest BCUT2D eigenvalue weighted by atomic mass is 35.5. The molecule has 0 N–H and O–H groups in total. The average molecular weight is 177 g/mol. The second-order valence-corrected chi connectivity index (χ2v) is 3.38. The largest absolute Gasteiger partial charge is 0.167 e. The van der Waals surface area contributed by atoms with E-state index in [1.807, 2.05) is 0 Å². The van der Waals surface area contributed by atoms with Gasteiger partial charge in [-0.1, -0.05) is 29.9 Å². The Morgan fingerprint density at radius 2 is 2.40 bits per heavy atom. The number of rotatable bonds is 2. The Labute approximate surface area is 69.4 Å². The summed E-state index contributed by atoms with van der Waals surface area (Å²) >= 11 is 7.14. The minimum absolute atomic E-state index is 0.493. The van der Waals surface area contributed by atoms with Crippen LogP contribution in [0.1, 0.15) is 31.1 Å². The lowest BCUT2D eigenvalue weighted by Crippen LogP contribution is -1.86. The number of hydrogen-bond donors (Lipinski definition) is 0. The molecule has 0 radical (unpaired) electrons. The van der Waals surface area contributed by atoms with Crippen LogP contribution < -0.4 is 0 Å². The van der Waals surface area contributed by atoms with E-state index in [0.717, 1.165) is 11.3 Å². The molecule has 4 heteroatoms. The molecule has 0 amide bonds. The summed E-state index contributed by atoms with van der Waals surface area (Å²) in [5.74, 6) is 0.493. The molecule has 0 aliphatic rings. The predicted molar refractivity (Wildman–Crippen MR) is 43.6 cm³/mol. The lowest BCUT2D eigenvalue weighted by molar-refractivity contribution is 0.746. The fourth-order valence-electron chi connectivity index (χ4n) is 0.666. The second kappa shape index (κ2) is 3.30. The van der Waals surface area contributed by atoms with E-state index in [2.05, 4.69) is 23.4 Å². The first kappa shape index (κ1) is 7.95. The summed E-state index contributed by atoms with van der Waals surface area (Å²) in [5.41, 5.74) is 0. The van der Waals surface area contributed by atoms with E-state index in [0.29, 0.717) is 11.1 Å². The van der Waals surface area contributed by atoms with E-state index in [4.69, 9.17) is 11.6 Å². The van der Waals surface area contributed by atoms with Gasteiger partial charge in [-0.2, -0.15) is 0 Å².